The van der Waals surface area contributed by atoms with E-state index < -0.39 is 0 Å². The Balaban J connectivity index is 1.71. The third-order valence-electron chi connectivity index (χ3n) is 3.22. The van der Waals surface area contributed by atoms with Gasteiger partial charge in [-0.1, -0.05) is 24.3 Å². The first kappa shape index (κ1) is 15.2. The van der Waals surface area contributed by atoms with Crippen molar-refractivity contribution in [1.82, 2.24) is 5.32 Å². The maximum Gasteiger partial charge on any atom is 0.238 e. The zero-order chi connectivity index (χ0) is 15.1. The molecule has 3 nitrogen and oxygen atoms in total. The van der Waals surface area contributed by atoms with E-state index in [1.807, 2.05) is 37.3 Å². The Hall–Kier alpha value is -2.20. The summed E-state index contributed by atoms with van der Waals surface area (Å²) >= 11 is 0. The highest BCUT2D eigenvalue weighted by molar-refractivity contribution is 5.92. The number of anilines is 1. The lowest BCUT2D eigenvalue weighted by Crippen LogP contribution is -2.29. The largest absolute Gasteiger partial charge is 0.325 e. The molecule has 0 aromatic heterocycles. The SMILES string of the molecule is Cc1cc(F)ccc1CCNCC(=O)Nc1ccccc1. The number of benzene rings is 2. The molecule has 2 N–H and O–H groups in total. The van der Waals surface area contributed by atoms with Gasteiger partial charge in [-0.15, -0.1) is 0 Å². The molecule has 0 saturated heterocycles. The molecule has 1 amide bonds. The molecule has 21 heavy (non-hydrogen) atoms. The molecule has 0 aliphatic carbocycles. The second-order valence-electron chi connectivity index (χ2n) is 4.91. The van der Waals surface area contributed by atoms with Gasteiger partial charge in [-0.25, -0.2) is 4.39 Å². The van der Waals surface area contributed by atoms with Gasteiger partial charge in [0.15, 0.2) is 0 Å². The summed E-state index contributed by atoms with van der Waals surface area (Å²) < 4.78 is 13.0. The summed E-state index contributed by atoms with van der Waals surface area (Å²) in [7, 11) is 0. The van der Waals surface area contributed by atoms with E-state index in [0.717, 1.165) is 23.2 Å². The normalized spacial score (nSPS) is 10.4. The summed E-state index contributed by atoms with van der Waals surface area (Å²) in [6.45, 7) is 2.82. The summed E-state index contributed by atoms with van der Waals surface area (Å²) in [5, 5.41) is 5.90. The van der Waals surface area contributed by atoms with E-state index in [1.165, 1.54) is 12.1 Å². The van der Waals surface area contributed by atoms with Gasteiger partial charge in [-0.05, 0) is 55.3 Å². The summed E-state index contributed by atoms with van der Waals surface area (Å²) in [5.74, 6) is -0.288. The first-order chi connectivity index (χ1) is 10.1. The van der Waals surface area contributed by atoms with Crippen LogP contribution in [-0.2, 0) is 11.2 Å². The van der Waals surface area contributed by atoms with Gasteiger partial charge in [-0.2, -0.15) is 0 Å². The maximum atomic E-state index is 13.0. The highest BCUT2D eigenvalue weighted by atomic mass is 19.1. The molecule has 0 spiro atoms. The number of halogens is 1. The summed E-state index contributed by atoms with van der Waals surface area (Å²) in [5.41, 5.74) is 2.82. The molecule has 110 valence electrons. The first-order valence-electron chi connectivity index (χ1n) is 6.96. The Morgan fingerprint density at radius 1 is 1.14 bits per heavy atom. The molecular formula is C17H19FN2O. The number of carbonyl (C=O) groups excluding carboxylic acids is 1. The molecule has 0 heterocycles. The second kappa shape index (κ2) is 7.55. The highest BCUT2D eigenvalue weighted by Gasteiger charge is 2.03. The smallest absolute Gasteiger partial charge is 0.238 e. The molecule has 0 fully saturated rings. The van der Waals surface area contributed by atoms with Crippen molar-refractivity contribution in [2.45, 2.75) is 13.3 Å². The quantitative estimate of drug-likeness (QED) is 0.802. The fraction of sp³-hybridized carbons (Fsp3) is 0.235. The fourth-order valence-corrected chi connectivity index (χ4v) is 2.09. The second-order valence-corrected chi connectivity index (χ2v) is 4.91. The van der Waals surface area contributed by atoms with Crippen LogP contribution in [0.3, 0.4) is 0 Å². The van der Waals surface area contributed by atoms with Crippen LogP contribution in [0.4, 0.5) is 10.1 Å². The fourth-order valence-electron chi connectivity index (χ4n) is 2.09. The Morgan fingerprint density at radius 3 is 2.62 bits per heavy atom. The van der Waals surface area contributed by atoms with Gasteiger partial charge in [0.1, 0.15) is 5.82 Å². The van der Waals surface area contributed by atoms with Crippen molar-refractivity contribution in [3.63, 3.8) is 0 Å². The Kier molecular flexibility index (Phi) is 5.46. The van der Waals surface area contributed by atoms with E-state index in [2.05, 4.69) is 10.6 Å². The highest BCUT2D eigenvalue weighted by Crippen LogP contribution is 2.10. The summed E-state index contributed by atoms with van der Waals surface area (Å²) in [6.07, 6.45) is 0.769. The van der Waals surface area contributed by atoms with Gasteiger partial charge < -0.3 is 10.6 Å². The molecule has 0 unspecified atom stereocenters. The van der Waals surface area contributed by atoms with Crippen LogP contribution in [0.1, 0.15) is 11.1 Å². The summed E-state index contributed by atoms with van der Waals surface area (Å²) in [4.78, 5) is 11.7. The number of hydrogen-bond donors (Lipinski definition) is 2. The zero-order valence-corrected chi connectivity index (χ0v) is 12.0. The van der Waals surface area contributed by atoms with Gasteiger partial charge in [0.2, 0.25) is 5.91 Å². The van der Waals surface area contributed by atoms with Gasteiger partial charge in [0, 0.05) is 5.69 Å². The minimum atomic E-state index is -0.216. The van der Waals surface area contributed by atoms with Crippen molar-refractivity contribution < 1.29 is 9.18 Å². The number of para-hydroxylation sites is 1. The average molecular weight is 286 g/mol. The van der Waals surface area contributed by atoms with Crippen LogP contribution in [0.2, 0.25) is 0 Å². The minimum Gasteiger partial charge on any atom is -0.325 e. The van der Waals surface area contributed by atoms with Crippen LogP contribution in [0.15, 0.2) is 48.5 Å². The predicted molar refractivity (Wildman–Crippen MR) is 82.8 cm³/mol. The number of hydrogen-bond acceptors (Lipinski definition) is 2. The van der Waals surface area contributed by atoms with Crippen LogP contribution in [0.25, 0.3) is 0 Å². The minimum absolute atomic E-state index is 0.0722. The molecule has 0 bridgehead atoms. The topological polar surface area (TPSA) is 41.1 Å². The number of nitrogens with one attached hydrogen (secondary N) is 2. The van der Waals surface area contributed by atoms with Crippen LogP contribution in [0, 0.1) is 12.7 Å². The number of carbonyl (C=O) groups is 1. The zero-order valence-electron chi connectivity index (χ0n) is 12.0. The van der Waals surface area contributed by atoms with E-state index in [0.29, 0.717) is 6.54 Å². The van der Waals surface area contributed by atoms with Crippen LogP contribution < -0.4 is 10.6 Å². The van der Waals surface area contributed by atoms with Gasteiger partial charge in [-0.3, -0.25) is 4.79 Å². The predicted octanol–water partition coefficient (Wildman–Crippen LogP) is 2.90. The van der Waals surface area contributed by atoms with Crippen molar-refractivity contribution in [2.24, 2.45) is 0 Å². The third kappa shape index (κ3) is 5.00. The van der Waals surface area contributed by atoms with Crippen molar-refractivity contribution in [1.29, 1.82) is 0 Å². The van der Waals surface area contributed by atoms with Crippen LogP contribution in [-0.4, -0.2) is 19.0 Å². The molecule has 0 radical (unpaired) electrons. The lowest BCUT2D eigenvalue weighted by Gasteiger charge is -2.08. The molecule has 0 saturated carbocycles. The van der Waals surface area contributed by atoms with E-state index in [4.69, 9.17) is 0 Å². The van der Waals surface area contributed by atoms with Crippen LogP contribution >= 0.6 is 0 Å². The maximum absolute atomic E-state index is 13.0. The standard InChI is InChI=1S/C17H19FN2O/c1-13-11-15(18)8-7-14(13)9-10-19-12-17(21)20-16-5-3-2-4-6-16/h2-8,11,19H,9-10,12H2,1H3,(H,20,21). The molecule has 0 atom stereocenters. The van der Waals surface area contributed by atoms with Crippen molar-refractivity contribution in [2.75, 3.05) is 18.4 Å². The Morgan fingerprint density at radius 2 is 1.90 bits per heavy atom. The number of amides is 1. The Bertz CT molecular complexity index is 599. The molecule has 4 heteroatoms. The van der Waals surface area contributed by atoms with E-state index in [1.54, 1.807) is 6.07 Å². The average Bonchev–Trinajstić information content (AvgIpc) is 2.46. The first-order valence-corrected chi connectivity index (χ1v) is 6.96. The van der Waals surface area contributed by atoms with Crippen LogP contribution in [0.5, 0.6) is 0 Å². The Labute approximate surface area is 124 Å². The van der Waals surface area contributed by atoms with Crippen molar-refractivity contribution >= 4 is 11.6 Å². The number of rotatable bonds is 6. The molecule has 2 rings (SSSR count). The lowest BCUT2D eigenvalue weighted by atomic mass is 10.1. The van der Waals surface area contributed by atoms with Gasteiger partial charge in [0.05, 0.1) is 6.54 Å². The molecule has 0 aliphatic rings. The van der Waals surface area contributed by atoms with Gasteiger partial charge in [0.25, 0.3) is 0 Å². The van der Waals surface area contributed by atoms with E-state index >= 15 is 0 Å². The van der Waals surface area contributed by atoms with Gasteiger partial charge >= 0.3 is 0 Å². The monoisotopic (exact) mass is 286 g/mol. The lowest BCUT2D eigenvalue weighted by molar-refractivity contribution is -0.115. The van der Waals surface area contributed by atoms with Crippen molar-refractivity contribution in [3.05, 3.63) is 65.5 Å². The molecule has 2 aromatic rings. The molecule has 0 aliphatic heterocycles. The summed E-state index contributed by atoms with van der Waals surface area (Å²) in [6, 6.07) is 14.1. The van der Waals surface area contributed by atoms with Crippen molar-refractivity contribution in [3.8, 4) is 0 Å². The number of aryl methyl sites for hydroxylation is 1. The molecular weight excluding hydrogens is 267 g/mol. The third-order valence-corrected chi connectivity index (χ3v) is 3.22. The molecule has 2 aromatic carbocycles. The van der Waals surface area contributed by atoms with E-state index in [9.17, 15) is 9.18 Å². The van der Waals surface area contributed by atoms with E-state index in [-0.39, 0.29) is 18.3 Å².